The molecule has 0 spiro atoms. The molecule has 0 radical (unpaired) electrons. The molecule has 94 valence electrons. The first-order valence-electron chi connectivity index (χ1n) is 5.20. The number of benzene rings is 1. The second-order valence-electron chi connectivity index (χ2n) is 3.42. The van der Waals surface area contributed by atoms with Gasteiger partial charge in [0, 0.05) is 12.2 Å². The van der Waals surface area contributed by atoms with E-state index in [0.29, 0.717) is 18.1 Å². The largest absolute Gasteiger partial charge is 0.324 e. The molecule has 0 atom stereocenters. The van der Waals surface area contributed by atoms with E-state index < -0.39 is 0 Å². The minimum absolute atomic E-state index is 0.00995. The van der Waals surface area contributed by atoms with Crippen molar-refractivity contribution in [1.29, 1.82) is 0 Å². The smallest absolute Gasteiger partial charge is 0.245 e. The van der Waals surface area contributed by atoms with Crippen LogP contribution in [-0.2, 0) is 0 Å². The Morgan fingerprint density at radius 3 is 2.72 bits per heavy atom. The van der Waals surface area contributed by atoms with Crippen molar-refractivity contribution < 1.29 is 4.39 Å². The lowest BCUT2D eigenvalue weighted by atomic mass is 10.3. The van der Waals surface area contributed by atoms with Crippen molar-refractivity contribution in [1.82, 2.24) is 15.2 Å². The maximum absolute atomic E-state index is 13.2. The molecule has 0 saturated carbocycles. The van der Waals surface area contributed by atoms with Gasteiger partial charge in [0.15, 0.2) is 11.0 Å². The Kier molecular flexibility index (Phi) is 3.93. The second kappa shape index (κ2) is 5.46. The Morgan fingerprint density at radius 2 is 2.06 bits per heavy atom. The zero-order chi connectivity index (χ0) is 13.1. The number of nitrogens with zero attached hydrogens (tertiary/aromatic N) is 4. The third-order valence-corrected chi connectivity index (χ3v) is 2.70. The highest BCUT2D eigenvalue weighted by atomic mass is 35.5. The predicted octanol–water partition coefficient (Wildman–Crippen LogP) is 3.48. The quantitative estimate of drug-likeness (QED) is 0.866. The summed E-state index contributed by atoms with van der Waals surface area (Å²) < 4.78 is 13.2. The third kappa shape index (κ3) is 2.68. The molecule has 0 aliphatic carbocycles. The molecule has 7 heteroatoms. The number of hydrogen-bond donors (Lipinski definition) is 0. The SMILES string of the molecule is CCN(c1cccc(F)c1)c1nc(Cl)nnc1Cl. The molecule has 0 saturated heterocycles. The molecule has 4 nitrogen and oxygen atoms in total. The van der Waals surface area contributed by atoms with E-state index in [4.69, 9.17) is 23.2 Å². The van der Waals surface area contributed by atoms with E-state index in [2.05, 4.69) is 15.2 Å². The molecule has 1 aromatic heterocycles. The van der Waals surface area contributed by atoms with Gasteiger partial charge in [-0.15, -0.1) is 10.2 Å². The summed E-state index contributed by atoms with van der Waals surface area (Å²) in [4.78, 5) is 5.71. The van der Waals surface area contributed by atoms with Gasteiger partial charge in [0.05, 0.1) is 0 Å². The van der Waals surface area contributed by atoms with Gasteiger partial charge in [0.1, 0.15) is 5.82 Å². The fourth-order valence-electron chi connectivity index (χ4n) is 1.56. The molecule has 0 amide bonds. The molecule has 18 heavy (non-hydrogen) atoms. The molecule has 2 aromatic rings. The molecule has 0 N–H and O–H groups in total. The van der Waals surface area contributed by atoms with Crippen LogP contribution in [0.1, 0.15) is 6.92 Å². The first kappa shape index (κ1) is 13.0. The van der Waals surface area contributed by atoms with E-state index >= 15 is 0 Å². The van der Waals surface area contributed by atoms with Crippen LogP contribution in [0.3, 0.4) is 0 Å². The molecule has 0 bridgehead atoms. The van der Waals surface area contributed by atoms with Gasteiger partial charge in [-0.1, -0.05) is 17.7 Å². The third-order valence-electron chi connectivity index (χ3n) is 2.29. The zero-order valence-corrected chi connectivity index (χ0v) is 11.0. The van der Waals surface area contributed by atoms with Gasteiger partial charge in [-0.05, 0) is 36.7 Å². The summed E-state index contributed by atoms with van der Waals surface area (Å²) in [6, 6.07) is 6.11. The van der Waals surface area contributed by atoms with Crippen molar-refractivity contribution >= 4 is 34.7 Å². The molecule has 0 unspecified atom stereocenters. The van der Waals surface area contributed by atoms with E-state index in [-0.39, 0.29) is 16.3 Å². The van der Waals surface area contributed by atoms with E-state index in [1.807, 2.05) is 6.92 Å². The van der Waals surface area contributed by atoms with Crippen molar-refractivity contribution in [2.45, 2.75) is 6.92 Å². The first-order chi connectivity index (χ1) is 8.61. The zero-order valence-electron chi connectivity index (χ0n) is 9.44. The van der Waals surface area contributed by atoms with Gasteiger partial charge in [-0.3, -0.25) is 0 Å². The molecule has 1 aromatic carbocycles. The van der Waals surface area contributed by atoms with Gasteiger partial charge >= 0.3 is 0 Å². The minimum atomic E-state index is -0.338. The predicted molar refractivity (Wildman–Crippen MR) is 68.9 cm³/mol. The van der Waals surface area contributed by atoms with Crippen LogP contribution in [0.2, 0.25) is 10.4 Å². The Balaban J connectivity index is 2.48. The van der Waals surface area contributed by atoms with Crippen molar-refractivity contribution in [2.75, 3.05) is 11.4 Å². The Morgan fingerprint density at radius 1 is 1.28 bits per heavy atom. The number of rotatable bonds is 3. The molecule has 0 aliphatic rings. The molecule has 2 rings (SSSR count). The summed E-state index contributed by atoms with van der Waals surface area (Å²) in [7, 11) is 0. The van der Waals surface area contributed by atoms with Crippen LogP contribution in [0.25, 0.3) is 0 Å². The number of anilines is 2. The Hall–Kier alpha value is -1.46. The minimum Gasteiger partial charge on any atom is -0.324 e. The van der Waals surface area contributed by atoms with Gasteiger partial charge in [0.2, 0.25) is 5.28 Å². The van der Waals surface area contributed by atoms with E-state index in [1.165, 1.54) is 12.1 Å². The lowest BCUT2D eigenvalue weighted by Gasteiger charge is -2.22. The van der Waals surface area contributed by atoms with Gasteiger partial charge in [0.25, 0.3) is 0 Å². The summed E-state index contributed by atoms with van der Waals surface area (Å²) in [5, 5.41) is 7.33. The average Bonchev–Trinajstić information content (AvgIpc) is 2.35. The van der Waals surface area contributed by atoms with Crippen LogP contribution >= 0.6 is 23.2 Å². The number of halogens is 3. The van der Waals surface area contributed by atoms with Crippen molar-refractivity contribution in [3.63, 3.8) is 0 Å². The van der Waals surface area contributed by atoms with Crippen LogP contribution in [0, 0.1) is 5.82 Å². The first-order valence-corrected chi connectivity index (χ1v) is 5.96. The molecule has 0 fully saturated rings. The van der Waals surface area contributed by atoms with Gasteiger partial charge in [-0.25, -0.2) is 4.39 Å². The maximum Gasteiger partial charge on any atom is 0.245 e. The summed E-state index contributed by atoms with van der Waals surface area (Å²) in [6.07, 6.45) is 0. The van der Waals surface area contributed by atoms with Crippen LogP contribution in [0.4, 0.5) is 15.9 Å². The standard InChI is InChI=1S/C11H9Cl2FN4/c1-2-18(8-5-3-4-7(14)6-8)10-9(12)16-17-11(13)15-10/h3-6H,2H2,1H3. The van der Waals surface area contributed by atoms with Gasteiger partial charge in [-0.2, -0.15) is 4.98 Å². The topological polar surface area (TPSA) is 41.9 Å². The molecular formula is C11H9Cl2FN4. The monoisotopic (exact) mass is 286 g/mol. The van der Waals surface area contributed by atoms with Crippen molar-refractivity contribution in [3.05, 3.63) is 40.5 Å². The van der Waals surface area contributed by atoms with Crippen LogP contribution in [0.5, 0.6) is 0 Å². The summed E-state index contributed by atoms with van der Waals surface area (Å²) in [5.74, 6) is 0.0138. The van der Waals surface area contributed by atoms with E-state index in [0.717, 1.165) is 0 Å². The Bertz CT molecular complexity index is 564. The summed E-state index contributed by atoms with van der Waals surface area (Å²) >= 11 is 11.6. The highest BCUT2D eigenvalue weighted by Crippen LogP contribution is 2.28. The van der Waals surface area contributed by atoms with Crippen LogP contribution in [-0.4, -0.2) is 21.7 Å². The lowest BCUT2D eigenvalue weighted by Crippen LogP contribution is -2.18. The average molecular weight is 287 g/mol. The summed E-state index contributed by atoms with van der Waals surface area (Å²) in [6.45, 7) is 2.43. The number of hydrogen-bond acceptors (Lipinski definition) is 4. The summed E-state index contributed by atoms with van der Waals surface area (Å²) in [5.41, 5.74) is 0.621. The molecular weight excluding hydrogens is 278 g/mol. The molecule has 0 aliphatic heterocycles. The molecule has 1 heterocycles. The van der Waals surface area contributed by atoms with Gasteiger partial charge < -0.3 is 4.90 Å². The van der Waals surface area contributed by atoms with E-state index in [9.17, 15) is 4.39 Å². The fraction of sp³-hybridized carbons (Fsp3) is 0.182. The highest BCUT2D eigenvalue weighted by molar-refractivity contribution is 6.32. The van der Waals surface area contributed by atoms with Crippen molar-refractivity contribution in [2.24, 2.45) is 0 Å². The number of aromatic nitrogens is 3. The Labute approximate surface area is 113 Å². The normalized spacial score (nSPS) is 10.4. The van der Waals surface area contributed by atoms with E-state index in [1.54, 1.807) is 17.0 Å². The highest BCUT2D eigenvalue weighted by Gasteiger charge is 2.15. The second-order valence-corrected chi connectivity index (χ2v) is 4.12. The van der Waals surface area contributed by atoms with Crippen molar-refractivity contribution in [3.8, 4) is 0 Å². The maximum atomic E-state index is 13.2. The fourth-order valence-corrected chi connectivity index (χ4v) is 1.86. The van der Waals surface area contributed by atoms with Crippen LogP contribution in [0.15, 0.2) is 24.3 Å². The lowest BCUT2D eigenvalue weighted by molar-refractivity contribution is 0.627. The van der Waals surface area contributed by atoms with Crippen LogP contribution < -0.4 is 4.90 Å².